The average molecular weight is 212 g/mol. The van der Waals surface area contributed by atoms with Crippen molar-refractivity contribution in [3.8, 4) is 0 Å². The van der Waals surface area contributed by atoms with Gasteiger partial charge in [0, 0.05) is 11.8 Å². The first kappa shape index (κ1) is 10.3. The lowest BCUT2D eigenvalue weighted by Crippen LogP contribution is -2.33. The fourth-order valence-electron chi connectivity index (χ4n) is 1.83. The lowest BCUT2D eigenvalue weighted by atomic mass is 10.2. The second-order valence-electron chi connectivity index (χ2n) is 4.64. The first-order valence-electron chi connectivity index (χ1n) is 5.71. The van der Waals surface area contributed by atoms with Gasteiger partial charge in [0.2, 0.25) is 0 Å². The fraction of sp³-hybridized carbons (Fsp3) is 0.909. The Labute approximate surface area is 90.9 Å². The Hall–Kier alpha value is -0.180. The zero-order chi connectivity index (χ0) is 9.97. The van der Waals surface area contributed by atoms with Crippen LogP contribution in [0.4, 0.5) is 0 Å². The maximum Gasteiger partial charge on any atom is 0.157 e. The molecule has 1 fully saturated rings. The molecule has 1 aliphatic carbocycles. The summed E-state index contributed by atoms with van der Waals surface area (Å²) >= 11 is 1.88. The standard InChI is InChI=1S/C11H20N2S/c1-8-5-6-14-11(12-8)13-9(2)7-10-3-4-10/h8-10H,3-7H2,1-2H3,(H,12,13). The smallest absolute Gasteiger partial charge is 0.157 e. The third-order valence-electron chi connectivity index (χ3n) is 2.87. The van der Waals surface area contributed by atoms with Crippen LogP contribution in [0.5, 0.6) is 0 Å². The van der Waals surface area contributed by atoms with Crippen molar-refractivity contribution >= 4 is 16.9 Å². The van der Waals surface area contributed by atoms with E-state index in [2.05, 4.69) is 24.2 Å². The quantitative estimate of drug-likeness (QED) is 0.778. The van der Waals surface area contributed by atoms with Crippen molar-refractivity contribution in [2.75, 3.05) is 5.75 Å². The van der Waals surface area contributed by atoms with Crippen LogP contribution >= 0.6 is 11.8 Å². The Kier molecular flexibility index (Phi) is 3.37. The zero-order valence-electron chi connectivity index (χ0n) is 9.12. The van der Waals surface area contributed by atoms with Gasteiger partial charge in [-0.3, -0.25) is 4.99 Å². The number of hydrogen-bond donors (Lipinski definition) is 1. The minimum atomic E-state index is 0.520. The van der Waals surface area contributed by atoms with Gasteiger partial charge in [0.05, 0.1) is 6.04 Å². The van der Waals surface area contributed by atoms with Crippen LogP contribution in [-0.2, 0) is 0 Å². The molecule has 2 rings (SSSR count). The Balaban J connectivity index is 1.76. The van der Waals surface area contributed by atoms with Crippen LogP contribution < -0.4 is 5.32 Å². The molecular formula is C11H20N2S. The highest BCUT2D eigenvalue weighted by atomic mass is 32.2. The van der Waals surface area contributed by atoms with Crippen molar-refractivity contribution in [1.82, 2.24) is 5.32 Å². The number of aliphatic imine (C=N–C) groups is 1. The second-order valence-corrected chi connectivity index (χ2v) is 5.73. The largest absolute Gasteiger partial charge is 0.362 e. The van der Waals surface area contributed by atoms with Crippen LogP contribution in [0.1, 0.15) is 39.5 Å². The predicted molar refractivity (Wildman–Crippen MR) is 63.9 cm³/mol. The number of hydrogen-bond acceptors (Lipinski definition) is 3. The van der Waals surface area contributed by atoms with Gasteiger partial charge in [0.25, 0.3) is 0 Å². The summed E-state index contributed by atoms with van der Waals surface area (Å²) in [5, 5.41) is 4.71. The summed E-state index contributed by atoms with van der Waals surface area (Å²) in [6.07, 6.45) is 5.45. The third-order valence-corrected chi connectivity index (χ3v) is 3.80. The number of thioether (sulfide) groups is 1. The molecule has 2 unspecified atom stereocenters. The molecule has 0 amide bonds. The molecule has 14 heavy (non-hydrogen) atoms. The molecule has 2 nitrogen and oxygen atoms in total. The highest BCUT2D eigenvalue weighted by Crippen LogP contribution is 2.33. The van der Waals surface area contributed by atoms with Gasteiger partial charge in [-0.1, -0.05) is 24.6 Å². The summed E-state index contributed by atoms with van der Waals surface area (Å²) in [5.41, 5.74) is 0. The summed E-state index contributed by atoms with van der Waals surface area (Å²) in [5.74, 6) is 2.23. The zero-order valence-corrected chi connectivity index (χ0v) is 9.94. The minimum absolute atomic E-state index is 0.520. The summed E-state index contributed by atoms with van der Waals surface area (Å²) < 4.78 is 0. The molecule has 80 valence electrons. The van der Waals surface area contributed by atoms with E-state index in [0.717, 1.165) is 5.92 Å². The van der Waals surface area contributed by atoms with E-state index < -0.39 is 0 Å². The van der Waals surface area contributed by atoms with Crippen molar-refractivity contribution in [1.29, 1.82) is 0 Å². The second kappa shape index (κ2) is 4.56. The average Bonchev–Trinajstić information content (AvgIpc) is 2.87. The SMILES string of the molecule is CC1CCSC(NC(C)CC2CC2)=N1. The molecule has 1 aliphatic heterocycles. The van der Waals surface area contributed by atoms with Gasteiger partial charge in [-0.05, 0) is 32.6 Å². The molecule has 0 aromatic rings. The number of rotatable bonds is 3. The summed E-state index contributed by atoms with van der Waals surface area (Å²) in [6, 6.07) is 1.13. The fourth-order valence-corrected chi connectivity index (χ4v) is 3.02. The van der Waals surface area contributed by atoms with E-state index in [4.69, 9.17) is 0 Å². The molecule has 0 saturated heterocycles. The molecule has 3 heteroatoms. The number of amidine groups is 1. The molecule has 2 aliphatic rings. The Bertz CT molecular complexity index is 223. The van der Waals surface area contributed by atoms with Crippen molar-refractivity contribution < 1.29 is 0 Å². The normalized spacial score (nSPS) is 29.6. The third kappa shape index (κ3) is 3.19. The van der Waals surface area contributed by atoms with E-state index in [0.29, 0.717) is 12.1 Å². The van der Waals surface area contributed by atoms with E-state index in [9.17, 15) is 0 Å². The van der Waals surface area contributed by atoms with Gasteiger partial charge < -0.3 is 5.32 Å². The van der Waals surface area contributed by atoms with Crippen molar-refractivity contribution in [2.24, 2.45) is 10.9 Å². The van der Waals surface area contributed by atoms with E-state index in [1.165, 1.54) is 36.6 Å². The molecule has 1 saturated carbocycles. The highest BCUT2D eigenvalue weighted by Gasteiger charge is 2.24. The van der Waals surface area contributed by atoms with Crippen LogP contribution in [0.3, 0.4) is 0 Å². The Morgan fingerprint density at radius 2 is 2.29 bits per heavy atom. The van der Waals surface area contributed by atoms with Gasteiger partial charge in [0.15, 0.2) is 5.17 Å². The molecular weight excluding hydrogens is 192 g/mol. The van der Waals surface area contributed by atoms with Gasteiger partial charge in [-0.2, -0.15) is 0 Å². The maximum atomic E-state index is 4.62. The summed E-state index contributed by atoms with van der Waals surface area (Å²) in [4.78, 5) is 4.62. The lowest BCUT2D eigenvalue weighted by molar-refractivity contribution is 0.562. The van der Waals surface area contributed by atoms with Gasteiger partial charge in [0.1, 0.15) is 0 Å². The Morgan fingerprint density at radius 3 is 2.93 bits per heavy atom. The molecule has 0 aromatic carbocycles. The number of nitrogens with one attached hydrogen (secondary N) is 1. The van der Waals surface area contributed by atoms with Crippen LogP contribution in [0.2, 0.25) is 0 Å². The number of nitrogens with zero attached hydrogens (tertiary/aromatic N) is 1. The molecule has 0 spiro atoms. The van der Waals surface area contributed by atoms with E-state index in [1.54, 1.807) is 0 Å². The topological polar surface area (TPSA) is 24.4 Å². The predicted octanol–water partition coefficient (Wildman–Crippen LogP) is 2.65. The van der Waals surface area contributed by atoms with Crippen LogP contribution in [-0.4, -0.2) is 23.0 Å². The molecule has 1 N–H and O–H groups in total. The molecule has 0 bridgehead atoms. The summed E-state index contributed by atoms with van der Waals surface area (Å²) in [7, 11) is 0. The van der Waals surface area contributed by atoms with Crippen molar-refractivity contribution in [3.05, 3.63) is 0 Å². The lowest BCUT2D eigenvalue weighted by Gasteiger charge is -2.21. The van der Waals surface area contributed by atoms with Crippen LogP contribution in [0.25, 0.3) is 0 Å². The molecule has 0 aromatic heterocycles. The maximum absolute atomic E-state index is 4.62. The van der Waals surface area contributed by atoms with E-state index in [1.807, 2.05) is 11.8 Å². The van der Waals surface area contributed by atoms with Crippen LogP contribution in [0.15, 0.2) is 4.99 Å². The molecule has 2 atom stereocenters. The van der Waals surface area contributed by atoms with Gasteiger partial charge >= 0.3 is 0 Å². The first-order valence-corrected chi connectivity index (χ1v) is 6.69. The van der Waals surface area contributed by atoms with E-state index in [-0.39, 0.29) is 0 Å². The first-order chi connectivity index (χ1) is 6.74. The van der Waals surface area contributed by atoms with Crippen molar-refractivity contribution in [3.63, 3.8) is 0 Å². The monoisotopic (exact) mass is 212 g/mol. The van der Waals surface area contributed by atoms with E-state index >= 15 is 0 Å². The Morgan fingerprint density at radius 1 is 1.50 bits per heavy atom. The van der Waals surface area contributed by atoms with Gasteiger partial charge in [-0.25, -0.2) is 0 Å². The van der Waals surface area contributed by atoms with Crippen LogP contribution in [0, 0.1) is 5.92 Å². The van der Waals surface area contributed by atoms with Gasteiger partial charge in [-0.15, -0.1) is 0 Å². The minimum Gasteiger partial charge on any atom is -0.362 e. The van der Waals surface area contributed by atoms with Crippen molar-refractivity contribution in [2.45, 2.75) is 51.6 Å². The summed E-state index contributed by atoms with van der Waals surface area (Å²) in [6.45, 7) is 4.48. The highest BCUT2D eigenvalue weighted by molar-refractivity contribution is 8.13. The molecule has 1 heterocycles. The molecule has 0 radical (unpaired) electrons.